The second kappa shape index (κ2) is 14.5. The molecule has 0 amide bonds. The van der Waals surface area contributed by atoms with Gasteiger partial charge in [0.1, 0.15) is 0 Å². The van der Waals surface area contributed by atoms with Gasteiger partial charge in [0.25, 0.3) is 0 Å². The summed E-state index contributed by atoms with van der Waals surface area (Å²) in [4.78, 5) is 5.11. The van der Waals surface area contributed by atoms with E-state index in [4.69, 9.17) is 0 Å². The molecule has 300 valence electrons. The van der Waals surface area contributed by atoms with Crippen LogP contribution in [0.3, 0.4) is 0 Å². The summed E-state index contributed by atoms with van der Waals surface area (Å²) in [6.45, 7) is 0. The molecule has 2 aliphatic carbocycles. The SMILES string of the molecule is c1ccc(-c2ccc(N(c3ccc4c(c3)C3(c5ccccc5S4)c4ccccc4-c4ccccc43)c3ccccc3C3(c4ccccc4)c4ccccc4-c4ccccc43)cc2)cc1. The summed E-state index contributed by atoms with van der Waals surface area (Å²) in [5.41, 5.74) is 20.2. The van der Waals surface area contributed by atoms with Gasteiger partial charge in [-0.05, 0) is 120 Å². The maximum atomic E-state index is 2.53. The molecule has 0 atom stereocenters. The number of rotatable bonds is 6. The number of nitrogens with zero attached hydrogens (tertiary/aromatic N) is 1. The van der Waals surface area contributed by atoms with Crippen molar-refractivity contribution in [2.45, 2.75) is 20.6 Å². The van der Waals surface area contributed by atoms with Crippen LogP contribution in [0.2, 0.25) is 0 Å². The molecule has 1 nitrogen and oxygen atoms in total. The second-order valence-electron chi connectivity index (χ2n) is 17.1. The van der Waals surface area contributed by atoms with Crippen LogP contribution in [0, 0.1) is 0 Å². The minimum absolute atomic E-state index is 0.503. The van der Waals surface area contributed by atoms with E-state index in [9.17, 15) is 0 Å². The molecule has 0 radical (unpaired) electrons. The highest BCUT2D eigenvalue weighted by molar-refractivity contribution is 7.99. The average molecular weight is 832 g/mol. The van der Waals surface area contributed by atoms with E-state index >= 15 is 0 Å². The topological polar surface area (TPSA) is 3.24 Å². The van der Waals surface area contributed by atoms with Gasteiger partial charge in [0, 0.05) is 21.2 Å². The molecule has 0 saturated carbocycles. The molecule has 0 unspecified atom stereocenters. The summed E-state index contributed by atoms with van der Waals surface area (Å²) in [7, 11) is 0. The molecule has 1 spiro atoms. The fraction of sp³-hybridized carbons (Fsp3) is 0.0323. The van der Waals surface area contributed by atoms with E-state index < -0.39 is 10.8 Å². The van der Waals surface area contributed by atoms with E-state index in [1.807, 2.05) is 11.8 Å². The maximum absolute atomic E-state index is 2.53. The minimum atomic E-state index is -0.596. The number of hydrogen-bond acceptors (Lipinski definition) is 2. The van der Waals surface area contributed by atoms with E-state index in [0.29, 0.717) is 0 Å². The van der Waals surface area contributed by atoms with Gasteiger partial charge in [-0.25, -0.2) is 0 Å². The largest absolute Gasteiger partial charge is 0.310 e. The number of fused-ring (bicyclic) bond motifs is 12. The zero-order chi connectivity index (χ0) is 42.2. The fourth-order valence-electron chi connectivity index (χ4n) is 11.5. The van der Waals surface area contributed by atoms with Crippen molar-refractivity contribution in [3.8, 4) is 33.4 Å². The molecule has 10 aromatic rings. The Kier molecular flexibility index (Phi) is 8.35. The van der Waals surface area contributed by atoms with Crippen molar-refractivity contribution in [3.63, 3.8) is 0 Å². The van der Waals surface area contributed by atoms with Crippen LogP contribution < -0.4 is 4.90 Å². The van der Waals surface area contributed by atoms with E-state index in [1.165, 1.54) is 87.7 Å². The molecule has 0 aromatic heterocycles. The summed E-state index contributed by atoms with van der Waals surface area (Å²) in [6.07, 6.45) is 0. The Morgan fingerprint density at radius 1 is 0.281 bits per heavy atom. The third-order valence-corrected chi connectivity index (χ3v) is 15.2. The molecule has 10 aromatic carbocycles. The summed E-state index contributed by atoms with van der Waals surface area (Å²) < 4.78 is 0. The number of hydrogen-bond donors (Lipinski definition) is 0. The van der Waals surface area contributed by atoms with Crippen molar-refractivity contribution >= 4 is 28.8 Å². The maximum Gasteiger partial charge on any atom is 0.0736 e. The zero-order valence-corrected chi connectivity index (χ0v) is 35.8. The third kappa shape index (κ3) is 5.15. The molecule has 0 bridgehead atoms. The van der Waals surface area contributed by atoms with Crippen molar-refractivity contribution in [1.29, 1.82) is 0 Å². The lowest BCUT2D eigenvalue weighted by Gasteiger charge is -2.41. The van der Waals surface area contributed by atoms with Gasteiger partial charge >= 0.3 is 0 Å². The molecular weight excluding hydrogens is 791 g/mol. The van der Waals surface area contributed by atoms with Crippen molar-refractivity contribution < 1.29 is 0 Å². The lowest BCUT2D eigenvalue weighted by Crippen LogP contribution is -2.32. The highest BCUT2D eigenvalue weighted by Gasteiger charge is 2.51. The molecule has 13 rings (SSSR count). The van der Waals surface area contributed by atoms with E-state index in [2.05, 4.69) is 254 Å². The van der Waals surface area contributed by atoms with Gasteiger partial charge in [-0.1, -0.05) is 218 Å². The number of para-hydroxylation sites is 1. The predicted octanol–water partition coefficient (Wildman–Crippen LogP) is 16.0. The molecule has 1 heterocycles. The van der Waals surface area contributed by atoms with Crippen LogP contribution in [0.1, 0.15) is 44.5 Å². The molecule has 0 saturated heterocycles. The average Bonchev–Trinajstić information content (AvgIpc) is 3.84. The summed E-state index contributed by atoms with van der Waals surface area (Å²) in [6, 6.07) is 92.8. The van der Waals surface area contributed by atoms with Crippen LogP contribution in [0.15, 0.2) is 259 Å². The second-order valence-corrected chi connectivity index (χ2v) is 18.2. The first-order valence-electron chi connectivity index (χ1n) is 22.2. The Labute approximate surface area is 379 Å². The smallest absolute Gasteiger partial charge is 0.0736 e. The number of anilines is 3. The van der Waals surface area contributed by atoms with Gasteiger partial charge in [0.05, 0.1) is 16.5 Å². The summed E-state index contributed by atoms with van der Waals surface area (Å²) in [5.74, 6) is 0. The van der Waals surface area contributed by atoms with Crippen molar-refractivity contribution in [3.05, 3.63) is 293 Å². The Morgan fingerprint density at radius 3 is 1.30 bits per heavy atom. The van der Waals surface area contributed by atoms with Crippen LogP contribution in [-0.2, 0) is 10.8 Å². The van der Waals surface area contributed by atoms with E-state index in [0.717, 1.165) is 17.1 Å². The Balaban J connectivity index is 1.11. The molecular formula is C62H41NS. The van der Waals surface area contributed by atoms with E-state index in [-0.39, 0.29) is 0 Å². The molecule has 3 aliphatic rings. The molecule has 2 heteroatoms. The Morgan fingerprint density at radius 2 is 0.703 bits per heavy atom. The van der Waals surface area contributed by atoms with Crippen molar-refractivity contribution in [1.82, 2.24) is 0 Å². The van der Waals surface area contributed by atoms with Crippen LogP contribution in [0.5, 0.6) is 0 Å². The van der Waals surface area contributed by atoms with Crippen LogP contribution >= 0.6 is 11.8 Å². The highest BCUT2D eigenvalue weighted by atomic mass is 32.2. The van der Waals surface area contributed by atoms with Gasteiger partial charge in [-0.3, -0.25) is 0 Å². The van der Waals surface area contributed by atoms with E-state index in [1.54, 1.807) is 0 Å². The lowest BCUT2D eigenvalue weighted by atomic mass is 9.66. The normalized spacial score (nSPS) is 14.1. The van der Waals surface area contributed by atoms with Crippen LogP contribution in [0.25, 0.3) is 33.4 Å². The lowest BCUT2D eigenvalue weighted by molar-refractivity contribution is 0.722. The highest BCUT2D eigenvalue weighted by Crippen LogP contribution is 2.63. The molecule has 0 fully saturated rings. The Hall–Kier alpha value is -7.65. The van der Waals surface area contributed by atoms with Crippen molar-refractivity contribution in [2.24, 2.45) is 0 Å². The molecule has 0 N–H and O–H groups in total. The third-order valence-electron chi connectivity index (χ3n) is 14.0. The standard InChI is InChI=1S/C62H41NS/c1-3-19-42(20-4-1)43-35-37-45(38-36-43)63(58-33-17-15-31-55(58)61(44-21-5-2-6-22-44)51-27-11-7-23-47(51)48-24-8-12-28-52(48)61)46-39-40-60-57(41-46)62(56-32-16-18-34-59(56)64-60)53-29-13-9-25-49(53)50-26-10-14-30-54(50)62/h1-41H. The van der Waals surface area contributed by atoms with Gasteiger partial charge in [-0.2, -0.15) is 0 Å². The molecule has 1 aliphatic heterocycles. The zero-order valence-electron chi connectivity index (χ0n) is 35.0. The van der Waals surface area contributed by atoms with Gasteiger partial charge in [-0.15, -0.1) is 0 Å². The summed E-state index contributed by atoms with van der Waals surface area (Å²) in [5, 5.41) is 0. The van der Waals surface area contributed by atoms with Crippen molar-refractivity contribution in [2.75, 3.05) is 4.90 Å². The fourth-order valence-corrected chi connectivity index (χ4v) is 12.7. The predicted molar refractivity (Wildman–Crippen MR) is 265 cm³/mol. The first kappa shape index (κ1) is 37.0. The monoisotopic (exact) mass is 831 g/mol. The quantitative estimate of drug-likeness (QED) is 0.164. The molecule has 64 heavy (non-hydrogen) atoms. The van der Waals surface area contributed by atoms with Gasteiger partial charge in [0.15, 0.2) is 0 Å². The van der Waals surface area contributed by atoms with Crippen LogP contribution in [-0.4, -0.2) is 0 Å². The minimum Gasteiger partial charge on any atom is -0.310 e. The summed E-state index contributed by atoms with van der Waals surface area (Å²) >= 11 is 1.89. The van der Waals surface area contributed by atoms with Crippen LogP contribution in [0.4, 0.5) is 17.1 Å². The number of benzene rings is 10. The first-order valence-corrected chi connectivity index (χ1v) is 23.0. The van der Waals surface area contributed by atoms with Gasteiger partial charge < -0.3 is 4.90 Å². The Bertz CT molecular complexity index is 3330. The van der Waals surface area contributed by atoms with Gasteiger partial charge in [0.2, 0.25) is 0 Å². The first-order chi connectivity index (χ1) is 31.8.